The van der Waals surface area contributed by atoms with E-state index >= 15 is 0 Å². The van der Waals surface area contributed by atoms with Gasteiger partial charge in [-0.2, -0.15) is 0 Å². The van der Waals surface area contributed by atoms with Crippen molar-refractivity contribution < 1.29 is 19.1 Å². The van der Waals surface area contributed by atoms with E-state index in [0.29, 0.717) is 10.6 Å². The smallest absolute Gasteiger partial charge is 0.349 e. The fraction of sp³-hybridized carbons (Fsp3) is 0.333. The van der Waals surface area contributed by atoms with Crippen molar-refractivity contribution in [1.29, 1.82) is 0 Å². The lowest BCUT2D eigenvalue weighted by molar-refractivity contribution is -0.123. The van der Waals surface area contributed by atoms with Gasteiger partial charge in [0.15, 0.2) is 6.10 Å². The number of amides is 1. The van der Waals surface area contributed by atoms with Crippen molar-refractivity contribution in [3.63, 3.8) is 0 Å². The molecule has 0 spiro atoms. The molecule has 1 N–H and O–H groups in total. The number of carbonyl (C=O) groups excluding carboxylic acids is 2. The first-order chi connectivity index (χ1) is 12.1. The molecule has 1 atom stereocenters. The molecular weight excluding hydrogens is 340 g/mol. The number of esters is 1. The summed E-state index contributed by atoms with van der Waals surface area (Å²) in [5, 5.41) is 4.56. The van der Waals surface area contributed by atoms with E-state index in [1.54, 1.807) is 24.4 Å². The summed E-state index contributed by atoms with van der Waals surface area (Å²) in [6.45, 7) is 4.74. The lowest BCUT2D eigenvalue weighted by Gasteiger charge is -2.28. The highest BCUT2D eigenvalue weighted by Gasteiger charge is 2.19. The minimum Gasteiger partial charge on any atom is -0.448 e. The molecule has 1 aliphatic heterocycles. The van der Waals surface area contributed by atoms with Crippen LogP contribution in [0.5, 0.6) is 0 Å². The van der Waals surface area contributed by atoms with Crippen LogP contribution in [0.25, 0.3) is 0 Å². The van der Waals surface area contributed by atoms with Crippen LogP contribution >= 0.6 is 11.3 Å². The number of hydrogen-bond acceptors (Lipinski definition) is 6. The summed E-state index contributed by atoms with van der Waals surface area (Å²) in [4.78, 5) is 26.8. The third kappa shape index (κ3) is 4.58. The number of anilines is 2. The van der Waals surface area contributed by atoms with Gasteiger partial charge < -0.3 is 19.7 Å². The lowest BCUT2D eigenvalue weighted by atomic mass is 10.2. The largest absolute Gasteiger partial charge is 0.448 e. The minimum atomic E-state index is -0.867. The average molecular weight is 360 g/mol. The van der Waals surface area contributed by atoms with E-state index in [2.05, 4.69) is 10.2 Å². The van der Waals surface area contributed by atoms with E-state index in [1.165, 1.54) is 11.3 Å². The molecule has 1 saturated heterocycles. The Labute approximate surface area is 150 Å². The summed E-state index contributed by atoms with van der Waals surface area (Å²) in [5.74, 6) is -0.843. The molecule has 0 bridgehead atoms. The Morgan fingerprint density at radius 1 is 1.20 bits per heavy atom. The van der Waals surface area contributed by atoms with Crippen LogP contribution in [0.3, 0.4) is 0 Å². The van der Waals surface area contributed by atoms with Gasteiger partial charge in [0.1, 0.15) is 4.88 Å². The molecule has 132 valence electrons. The lowest BCUT2D eigenvalue weighted by Crippen LogP contribution is -2.36. The van der Waals surface area contributed by atoms with Crippen LogP contribution in [0.4, 0.5) is 11.4 Å². The van der Waals surface area contributed by atoms with Gasteiger partial charge in [0.25, 0.3) is 5.91 Å². The summed E-state index contributed by atoms with van der Waals surface area (Å²) in [5.41, 5.74) is 1.76. The zero-order valence-electron chi connectivity index (χ0n) is 13.9. The van der Waals surface area contributed by atoms with Gasteiger partial charge in [0, 0.05) is 24.5 Å². The maximum Gasteiger partial charge on any atom is 0.349 e. The fourth-order valence-corrected chi connectivity index (χ4v) is 3.09. The van der Waals surface area contributed by atoms with Crippen LogP contribution in [0.1, 0.15) is 16.6 Å². The second-order valence-electron chi connectivity index (χ2n) is 5.66. The molecule has 0 aliphatic carbocycles. The standard InChI is InChI=1S/C18H20N2O4S/c1-13(24-18(22)16-3-2-12-25-16)17(21)19-14-4-6-15(7-5-14)20-8-10-23-11-9-20/h2-7,12-13H,8-11H2,1H3,(H,19,21)/t13-/m0/s1. The summed E-state index contributed by atoms with van der Waals surface area (Å²) < 4.78 is 10.5. The topological polar surface area (TPSA) is 67.9 Å². The van der Waals surface area contributed by atoms with Gasteiger partial charge in [-0.25, -0.2) is 4.79 Å². The first kappa shape index (κ1) is 17.4. The molecule has 2 aromatic rings. The number of benzene rings is 1. The molecule has 0 radical (unpaired) electrons. The molecule has 1 fully saturated rings. The van der Waals surface area contributed by atoms with Gasteiger partial charge >= 0.3 is 5.97 Å². The fourth-order valence-electron chi connectivity index (χ4n) is 2.49. The maximum absolute atomic E-state index is 12.2. The van der Waals surface area contributed by atoms with Crippen molar-refractivity contribution in [1.82, 2.24) is 0 Å². The maximum atomic E-state index is 12.2. The van der Waals surface area contributed by atoms with Gasteiger partial charge in [-0.05, 0) is 42.6 Å². The zero-order valence-corrected chi connectivity index (χ0v) is 14.8. The van der Waals surface area contributed by atoms with E-state index in [4.69, 9.17) is 9.47 Å². The normalized spacial score (nSPS) is 15.5. The molecule has 0 saturated carbocycles. The molecule has 7 heteroatoms. The monoisotopic (exact) mass is 360 g/mol. The van der Waals surface area contributed by atoms with Gasteiger partial charge in [-0.15, -0.1) is 11.3 Å². The summed E-state index contributed by atoms with van der Waals surface area (Å²) in [6.07, 6.45) is -0.867. The van der Waals surface area contributed by atoms with E-state index in [1.807, 2.05) is 24.3 Å². The van der Waals surface area contributed by atoms with Crippen LogP contribution in [0.2, 0.25) is 0 Å². The summed E-state index contributed by atoms with van der Waals surface area (Å²) in [7, 11) is 0. The van der Waals surface area contributed by atoms with Crippen LogP contribution in [-0.4, -0.2) is 44.3 Å². The minimum absolute atomic E-state index is 0.357. The van der Waals surface area contributed by atoms with Crippen molar-refractivity contribution in [2.45, 2.75) is 13.0 Å². The highest BCUT2D eigenvalue weighted by molar-refractivity contribution is 7.11. The number of carbonyl (C=O) groups is 2. The van der Waals surface area contributed by atoms with Crippen molar-refractivity contribution >= 4 is 34.6 Å². The molecule has 1 aromatic heterocycles. The summed E-state index contributed by atoms with van der Waals surface area (Å²) >= 11 is 1.28. The summed E-state index contributed by atoms with van der Waals surface area (Å²) in [6, 6.07) is 11.0. The molecular formula is C18H20N2O4S. The molecule has 2 heterocycles. The van der Waals surface area contributed by atoms with Crippen LogP contribution < -0.4 is 10.2 Å². The molecule has 6 nitrogen and oxygen atoms in total. The van der Waals surface area contributed by atoms with Crippen LogP contribution in [-0.2, 0) is 14.3 Å². The number of nitrogens with zero attached hydrogens (tertiary/aromatic N) is 1. The second-order valence-corrected chi connectivity index (χ2v) is 6.61. The van der Waals surface area contributed by atoms with E-state index in [0.717, 1.165) is 32.0 Å². The van der Waals surface area contributed by atoms with Gasteiger partial charge in [-0.3, -0.25) is 4.79 Å². The number of nitrogens with one attached hydrogen (secondary N) is 1. The van der Waals surface area contributed by atoms with Crippen LogP contribution in [0, 0.1) is 0 Å². The molecule has 3 rings (SSSR count). The number of thiophene rings is 1. The SMILES string of the molecule is C[C@H](OC(=O)c1cccs1)C(=O)Nc1ccc(N2CCOCC2)cc1. The predicted molar refractivity (Wildman–Crippen MR) is 97.3 cm³/mol. The molecule has 1 aliphatic rings. The van der Waals surface area contributed by atoms with Crippen molar-refractivity contribution in [2.24, 2.45) is 0 Å². The quantitative estimate of drug-likeness (QED) is 0.831. The molecule has 25 heavy (non-hydrogen) atoms. The number of morpholine rings is 1. The van der Waals surface area contributed by atoms with E-state index in [-0.39, 0.29) is 5.91 Å². The Morgan fingerprint density at radius 2 is 1.92 bits per heavy atom. The first-order valence-electron chi connectivity index (χ1n) is 8.11. The van der Waals surface area contributed by atoms with E-state index < -0.39 is 12.1 Å². The third-order valence-electron chi connectivity index (χ3n) is 3.89. The van der Waals surface area contributed by atoms with Crippen molar-refractivity contribution in [3.8, 4) is 0 Å². The van der Waals surface area contributed by atoms with Crippen molar-refractivity contribution in [2.75, 3.05) is 36.5 Å². The number of rotatable bonds is 5. The highest BCUT2D eigenvalue weighted by atomic mass is 32.1. The predicted octanol–water partition coefficient (Wildman–Crippen LogP) is 2.77. The Balaban J connectivity index is 1.54. The Morgan fingerprint density at radius 3 is 2.56 bits per heavy atom. The molecule has 0 unspecified atom stereocenters. The Bertz CT molecular complexity index is 709. The number of hydrogen-bond donors (Lipinski definition) is 1. The Hall–Kier alpha value is -2.38. The van der Waals surface area contributed by atoms with Gasteiger partial charge in [0.05, 0.1) is 13.2 Å². The highest BCUT2D eigenvalue weighted by Crippen LogP contribution is 2.19. The van der Waals surface area contributed by atoms with Gasteiger partial charge in [-0.1, -0.05) is 6.07 Å². The average Bonchev–Trinajstić information content (AvgIpc) is 3.18. The first-order valence-corrected chi connectivity index (χ1v) is 8.99. The molecule has 1 amide bonds. The van der Waals surface area contributed by atoms with Crippen LogP contribution in [0.15, 0.2) is 41.8 Å². The third-order valence-corrected chi connectivity index (χ3v) is 4.74. The number of ether oxygens (including phenoxy) is 2. The zero-order chi connectivity index (χ0) is 17.6. The van der Waals surface area contributed by atoms with E-state index in [9.17, 15) is 9.59 Å². The van der Waals surface area contributed by atoms with Crippen molar-refractivity contribution in [3.05, 3.63) is 46.7 Å². The molecule has 1 aromatic carbocycles. The Kier molecular flexibility index (Phi) is 5.67. The second kappa shape index (κ2) is 8.13. The van der Waals surface area contributed by atoms with Gasteiger partial charge in [0.2, 0.25) is 0 Å².